The summed E-state index contributed by atoms with van der Waals surface area (Å²) in [6.45, 7) is 2.74. The minimum atomic E-state index is -3.57. The van der Waals surface area contributed by atoms with Gasteiger partial charge in [-0.15, -0.1) is 0 Å². The highest BCUT2D eigenvalue weighted by Gasteiger charge is 2.18. The fourth-order valence-electron chi connectivity index (χ4n) is 1.84. The van der Waals surface area contributed by atoms with Crippen LogP contribution >= 0.6 is 0 Å². The van der Waals surface area contributed by atoms with Gasteiger partial charge in [0.1, 0.15) is 10.7 Å². The SMILES string of the molecule is CCNc1ccccc1S(=O)(=O)NCc1nccn1C. The molecule has 0 spiro atoms. The first kappa shape index (κ1) is 14.5. The maximum absolute atomic E-state index is 12.3. The van der Waals surface area contributed by atoms with Crippen molar-refractivity contribution in [2.45, 2.75) is 18.4 Å². The van der Waals surface area contributed by atoms with Gasteiger partial charge in [-0.1, -0.05) is 12.1 Å². The number of aryl methyl sites for hydroxylation is 1. The third-order valence-electron chi connectivity index (χ3n) is 2.89. The number of nitrogens with one attached hydrogen (secondary N) is 2. The van der Waals surface area contributed by atoms with E-state index in [0.717, 1.165) is 0 Å². The Labute approximate surface area is 118 Å². The van der Waals surface area contributed by atoms with Crippen LogP contribution in [0.1, 0.15) is 12.7 Å². The van der Waals surface area contributed by atoms with Crippen LogP contribution in [0.3, 0.4) is 0 Å². The highest BCUT2D eigenvalue weighted by Crippen LogP contribution is 2.20. The van der Waals surface area contributed by atoms with Crippen molar-refractivity contribution in [3.8, 4) is 0 Å². The first-order valence-corrected chi connectivity index (χ1v) is 7.81. The fraction of sp³-hybridized carbons (Fsp3) is 0.308. The molecule has 0 saturated carbocycles. The zero-order valence-electron chi connectivity index (χ0n) is 11.5. The van der Waals surface area contributed by atoms with Crippen LogP contribution in [-0.4, -0.2) is 24.5 Å². The van der Waals surface area contributed by atoms with Crippen LogP contribution < -0.4 is 10.0 Å². The van der Waals surface area contributed by atoms with E-state index in [-0.39, 0.29) is 11.4 Å². The van der Waals surface area contributed by atoms with Crippen LogP contribution in [0.25, 0.3) is 0 Å². The molecule has 0 saturated heterocycles. The summed E-state index contributed by atoms with van der Waals surface area (Å²) in [4.78, 5) is 4.34. The van der Waals surface area contributed by atoms with E-state index in [9.17, 15) is 8.42 Å². The number of para-hydroxylation sites is 1. The Bertz CT molecular complexity index is 679. The summed E-state index contributed by atoms with van der Waals surface area (Å²) in [5.41, 5.74) is 0.599. The van der Waals surface area contributed by atoms with Crippen molar-refractivity contribution < 1.29 is 8.42 Å². The first-order valence-electron chi connectivity index (χ1n) is 6.33. The maximum atomic E-state index is 12.3. The number of sulfonamides is 1. The average molecular weight is 294 g/mol. The minimum Gasteiger partial charge on any atom is -0.384 e. The lowest BCUT2D eigenvalue weighted by Gasteiger charge is -2.12. The van der Waals surface area contributed by atoms with Crippen molar-refractivity contribution in [1.29, 1.82) is 0 Å². The Morgan fingerprint density at radius 3 is 2.70 bits per heavy atom. The van der Waals surface area contributed by atoms with Crippen LogP contribution in [0.2, 0.25) is 0 Å². The van der Waals surface area contributed by atoms with Gasteiger partial charge in [-0.3, -0.25) is 0 Å². The molecule has 0 atom stereocenters. The molecule has 108 valence electrons. The molecule has 20 heavy (non-hydrogen) atoms. The van der Waals surface area contributed by atoms with E-state index in [2.05, 4.69) is 15.0 Å². The third kappa shape index (κ3) is 3.17. The van der Waals surface area contributed by atoms with Gasteiger partial charge in [0.05, 0.1) is 12.2 Å². The Morgan fingerprint density at radius 2 is 2.05 bits per heavy atom. The van der Waals surface area contributed by atoms with Gasteiger partial charge in [-0.25, -0.2) is 18.1 Å². The van der Waals surface area contributed by atoms with E-state index in [1.165, 1.54) is 0 Å². The Balaban J connectivity index is 2.20. The molecule has 6 nitrogen and oxygen atoms in total. The molecule has 1 aromatic heterocycles. The number of rotatable bonds is 6. The fourth-order valence-corrected chi connectivity index (χ4v) is 3.00. The van der Waals surface area contributed by atoms with Gasteiger partial charge in [0.25, 0.3) is 0 Å². The molecule has 0 amide bonds. The Kier molecular flexibility index (Phi) is 4.41. The Hall–Kier alpha value is -1.86. The second-order valence-corrected chi connectivity index (χ2v) is 6.04. The molecular formula is C13H18N4O2S. The van der Waals surface area contributed by atoms with E-state index in [1.807, 2.05) is 14.0 Å². The highest BCUT2D eigenvalue weighted by molar-refractivity contribution is 7.89. The topological polar surface area (TPSA) is 76.0 Å². The van der Waals surface area contributed by atoms with Gasteiger partial charge in [0.15, 0.2) is 0 Å². The molecule has 0 radical (unpaired) electrons. The second kappa shape index (κ2) is 6.06. The predicted octanol–water partition coefficient (Wildman–Crippen LogP) is 1.33. The molecular weight excluding hydrogens is 276 g/mol. The molecule has 0 aliphatic rings. The van der Waals surface area contributed by atoms with Gasteiger partial charge in [0, 0.05) is 26.0 Å². The number of benzene rings is 1. The van der Waals surface area contributed by atoms with Crippen LogP contribution in [0, 0.1) is 0 Å². The summed E-state index contributed by atoms with van der Waals surface area (Å²) in [6, 6.07) is 6.84. The standard InChI is InChI=1S/C13H18N4O2S/c1-3-14-11-6-4-5-7-12(11)20(18,19)16-10-13-15-8-9-17(13)2/h4-9,14,16H,3,10H2,1-2H3. The summed E-state index contributed by atoms with van der Waals surface area (Å²) in [5.74, 6) is 0.662. The van der Waals surface area contributed by atoms with E-state index in [0.29, 0.717) is 18.1 Å². The zero-order valence-corrected chi connectivity index (χ0v) is 12.3. The van der Waals surface area contributed by atoms with Crippen molar-refractivity contribution in [2.75, 3.05) is 11.9 Å². The summed E-state index contributed by atoms with van der Waals surface area (Å²) >= 11 is 0. The maximum Gasteiger partial charge on any atom is 0.243 e. The van der Waals surface area contributed by atoms with Gasteiger partial charge in [-0.2, -0.15) is 0 Å². The highest BCUT2D eigenvalue weighted by atomic mass is 32.2. The summed E-state index contributed by atoms with van der Waals surface area (Å²) in [6.07, 6.45) is 3.41. The summed E-state index contributed by atoms with van der Waals surface area (Å²) in [5, 5.41) is 3.05. The average Bonchev–Trinajstić information content (AvgIpc) is 2.83. The molecule has 2 aromatic rings. The number of nitrogens with zero attached hydrogens (tertiary/aromatic N) is 2. The van der Waals surface area contributed by atoms with Crippen molar-refractivity contribution in [3.05, 3.63) is 42.5 Å². The molecule has 2 N–H and O–H groups in total. The zero-order chi connectivity index (χ0) is 14.6. The van der Waals surface area contributed by atoms with Crippen molar-refractivity contribution in [1.82, 2.24) is 14.3 Å². The molecule has 0 fully saturated rings. The van der Waals surface area contributed by atoms with Gasteiger partial charge >= 0.3 is 0 Å². The second-order valence-electron chi connectivity index (χ2n) is 4.31. The molecule has 1 aromatic carbocycles. The number of hydrogen-bond acceptors (Lipinski definition) is 4. The van der Waals surface area contributed by atoms with Crippen LogP contribution in [0.4, 0.5) is 5.69 Å². The van der Waals surface area contributed by atoms with Gasteiger partial charge < -0.3 is 9.88 Å². The van der Waals surface area contributed by atoms with Crippen molar-refractivity contribution in [3.63, 3.8) is 0 Å². The molecule has 1 heterocycles. The number of anilines is 1. The van der Waals surface area contributed by atoms with Gasteiger partial charge in [0.2, 0.25) is 10.0 Å². The van der Waals surface area contributed by atoms with E-state index in [4.69, 9.17) is 0 Å². The normalized spacial score (nSPS) is 11.5. The number of hydrogen-bond donors (Lipinski definition) is 2. The minimum absolute atomic E-state index is 0.159. The van der Waals surface area contributed by atoms with Crippen molar-refractivity contribution in [2.24, 2.45) is 7.05 Å². The van der Waals surface area contributed by atoms with Crippen LogP contribution in [0.5, 0.6) is 0 Å². The smallest absolute Gasteiger partial charge is 0.243 e. The summed E-state index contributed by atoms with van der Waals surface area (Å²) in [7, 11) is -1.75. The van der Waals surface area contributed by atoms with E-state index < -0.39 is 10.0 Å². The molecule has 0 aliphatic carbocycles. The van der Waals surface area contributed by atoms with Crippen molar-refractivity contribution >= 4 is 15.7 Å². The molecule has 0 unspecified atom stereocenters. The quantitative estimate of drug-likeness (QED) is 0.843. The lowest BCUT2D eigenvalue weighted by molar-refractivity contribution is 0.578. The van der Waals surface area contributed by atoms with E-state index in [1.54, 1.807) is 41.2 Å². The molecule has 7 heteroatoms. The predicted molar refractivity (Wildman–Crippen MR) is 77.8 cm³/mol. The lowest BCUT2D eigenvalue weighted by atomic mass is 10.3. The number of imidazole rings is 1. The van der Waals surface area contributed by atoms with Gasteiger partial charge in [-0.05, 0) is 19.1 Å². The monoisotopic (exact) mass is 294 g/mol. The largest absolute Gasteiger partial charge is 0.384 e. The Morgan fingerprint density at radius 1 is 1.30 bits per heavy atom. The van der Waals surface area contributed by atoms with Crippen LogP contribution in [0.15, 0.2) is 41.6 Å². The molecule has 2 rings (SSSR count). The first-order chi connectivity index (χ1) is 9.54. The van der Waals surface area contributed by atoms with Crippen LogP contribution in [-0.2, 0) is 23.6 Å². The lowest BCUT2D eigenvalue weighted by Crippen LogP contribution is -2.25. The summed E-state index contributed by atoms with van der Waals surface area (Å²) < 4.78 is 29.0. The molecule has 0 aliphatic heterocycles. The van der Waals surface area contributed by atoms with E-state index >= 15 is 0 Å². The molecule has 0 bridgehead atoms. The number of aromatic nitrogens is 2. The third-order valence-corrected chi connectivity index (χ3v) is 4.34.